The van der Waals surface area contributed by atoms with Crippen molar-refractivity contribution in [2.75, 3.05) is 39.3 Å². The number of nitrogens with zero attached hydrogens (tertiary/aromatic N) is 1. The Morgan fingerprint density at radius 2 is 1.18 bits per heavy atom. The fourth-order valence-corrected chi connectivity index (χ4v) is 5.86. The Balaban J connectivity index is 2.69. The average molecular weight is 723 g/mol. The van der Waals surface area contributed by atoms with Crippen LogP contribution in [0.1, 0.15) is 105 Å². The number of hydrogen-bond donors (Lipinski definition) is 7. The first-order chi connectivity index (χ1) is 24.1. The van der Waals surface area contributed by atoms with Gasteiger partial charge in [-0.25, -0.2) is 0 Å². The zero-order valence-electron chi connectivity index (χ0n) is 31.0. The van der Waals surface area contributed by atoms with Crippen LogP contribution in [-0.4, -0.2) is 97.5 Å². The van der Waals surface area contributed by atoms with Crippen molar-refractivity contribution in [3.63, 3.8) is 0 Å². The van der Waals surface area contributed by atoms with Crippen LogP contribution in [-0.2, 0) is 38.4 Å². The lowest BCUT2D eigenvalue weighted by Gasteiger charge is -2.23. The second-order valence-electron chi connectivity index (χ2n) is 13.8. The Hall–Kier alpha value is -4.24. The quantitative estimate of drug-likeness (QED) is 0.0539. The first-order valence-electron chi connectivity index (χ1n) is 18.3. The predicted octanol–water partition coefficient (Wildman–Crippen LogP) is -0.0256. The fraction of sp³-hybridized carbons (Fsp3) is 0.771. The molecule has 1 fully saturated rings. The Labute approximate surface area is 302 Å². The summed E-state index contributed by atoms with van der Waals surface area (Å²) in [5.74, 6) is -3.03. The van der Waals surface area contributed by atoms with E-state index in [1.54, 1.807) is 0 Å². The summed E-state index contributed by atoms with van der Waals surface area (Å²) in [5.41, 5.74) is 11.0. The van der Waals surface area contributed by atoms with Gasteiger partial charge < -0.3 is 43.0 Å². The molecule has 51 heavy (non-hydrogen) atoms. The van der Waals surface area contributed by atoms with Crippen LogP contribution in [0.2, 0.25) is 0 Å². The van der Waals surface area contributed by atoms with E-state index < -0.39 is 29.7 Å². The molecule has 9 N–H and O–H groups in total. The maximum atomic E-state index is 13.2. The molecule has 3 atom stereocenters. The van der Waals surface area contributed by atoms with Gasteiger partial charge in [-0.2, -0.15) is 0 Å². The van der Waals surface area contributed by atoms with Crippen molar-refractivity contribution in [3.8, 4) is 0 Å². The molecular formula is C35H62N8O8. The zero-order valence-corrected chi connectivity index (χ0v) is 31.0. The third-order valence-corrected chi connectivity index (χ3v) is 8.90. The van der Waals surface area contributed by atoms with Crippen molar-refractivity contribution in [2.24, 2.45) is 35.1 Å². The highest BCUT2D eigenvalue weighted by atomic mass is 16.2. The minimum atomic E-state index is -0.830. The molecule has 16 heteroatoms. The van der Waals surface area contributed by atoms with Crippen molar-refractivity contribution >= 4 is 47.3 Å². The van der Waals surface area contributed by atoms with Crippen molar-refractivity contribution in [2.45, 2.75) is 111 Å². The standard InChI is InChI=1S/C35H62N8O8/c1-23(2)27(33(36)49)11-5-8-18-39-30(46)21-43(22-31(47)40-19-9-6-12-28(34(37)50)26-14-15-26)32(48)16-20-41-35(51)29(42-25(4)45)13-7-10-17-38-24(3)44/h23,26-29H,5-22H2,1-4H3,(H2,36,49)(H2,37,50)(H,38,44)(H,39,46)(H,40,47)(H,41,51)(H,42,45)/t27-,28-,29+/m1/s1. The van der Waals surface area contributed by atoms with E-state index in [1.165, 1.54) is 13.8 Å². The molecule has 0 bridgehead atoms. The van der Waals surface area contributed by atoms with E-state index in [1.807, 2.05) is 13.8 Å². The summed E-state index contributed by atoms with van der Waals surface area (Å²) < 4.78 is 0. The summed E-state index contributed by atoms with van der Waals surface area (Å²) in [6.07, 6.45) is 7.20. The maximum Gasteiger partial charge on any atom is 0.242 e. The Morgan fingerprint density at radius 3 is 1.65 bits per heavy atom. The Morgan fingerprint density at radius 1 is 0.647 bits per heavy atom. The van der Waals surface area contributed by atoms with Gasteiger partial charge in [-0.05, 0) is 69.6 Å². The first kappa shape index (κ1) is 44.8. The van der Waals surface area contributed by atoms with E-state index in [0.717, 1.165) is 17.7 Å². The number of amides is 8. The van der Waals surface area contributed by atoms with Gasteiger partial charge in [0.15, 0.2) is 0 Å². The average Bonchev–Trinajstić information content (AvgIpc) is 3.87. The summed E-state index contributed by atoms with van der Waals surface area (Å²) in [6, 6.07) is -0.830. The van der Waals surface area contributed by atoms with E-state index in [4.69, 9.17) is 11.5 Å². The highest BCUT2D eigenvalue weighted by Gasteiger charge is 2.34. The molecule has 0 spiro atoms. The molecule has 290 valence electrons. The number of hydrogen-bond acceptors (Lipinski definition) is 8. The molecule has 0 heterocycles. The smallest absolute Gasteiger partial charge is 0.242 e. The normalized spacial score (nSPS) is 14.1. The Kier molecular flexibility index (Phi) is 21.8. The van der Waals surface area contributed by atoms with Crippen LogP contribution in [0.5, 0.6) is 0 Å². The number of carbonyl (C=O) groups is 8. The summed E-state index contributed by atoms with van der Waals surface area (Å²) in [5, 5.41) is 13.5. The highest BCUT2D eigenvalue weighted by molar-refractivity contribution is 5.90. The minimum Gasteiger partial charge on any atom is -0.369 e. The lowest BCUT2D eigenvalue weighted by Crippen LogP contribution is -2.48. The first-order valence-corrected chi connectivity index (χ1v) is 18.3. The van der Waals surface area contributed by atoms with Crippen molar-refractivity contribution < 1.29 is 38.4 Å². The molecule has 0 unspecified atom stereocenters. The number of carbonyl (C=O) groups excluding carboxylic acids is 8. The number of unbranched alkanes of at least 4 members (excludes halogenated alkanes) is 3. The molecule has 0 aromatic heterocycles. The van der Waals surface area contributed by atoms with Gasteiger partial charge in [0.1, 0.15) is 19.1 Å². The SMILES string of the molecule is CC(=O)NCCCC[C@H](NC(C)=O)C(=O)NCCC(=O)N(CC(=O)NCCCC[C@@H](C(N)=O)C(C)C)CC(=O)NCCCC[C@@H](C(N)=O)C1CC1. The number of nitrogens with one attached hydrogen (secondary N) is 5. The monoisotopic (exact) mass is 722 g/mol. The summed E-state index contributed by atoms with van der Waals surface area (Å²) >= 11 is 0. The topological polar surface area (TPSA) is 252 Å². The van der Waals surface area contributed by atoms with E-state index in [9.17, 15) is 38.4 Å². The van der Waals surface area contributed by atoms with Gasteiger partial charge >= 0.3 is 0 Å². The second-order valence-corrected chi connectivity index (χ2v) is 13.8. The maximum absolute atomic E-state index is 13.2. The lowest BCUT2D eigenvalue weighted by molar-refractivity contribution is -0.139. The number of primary amides is 2. The van der Waals surface area contributed by atoms with E-state index in [-0.39, 0.29) is 67.4 Å². The summed E-state index contributed by atoms with van der Waals surface area (Å²) in [4.78, 5) is 98.9. The van der Waals surface area contributed by atoms with E-state index >= 15 is 0 Å². The van der Waals surface area contributed by atoms with Crippen LogP contribution >= 0.6 is 0 Å². The second kappa shape index (κ2) is 24.8. The molecular weight excluding hydrogens is 660 g/mol. The van der Waals surface area contributed by atoms with Crippen molar-refractivity contribution in [1.82, 2.24) is 31.5 Å². The predicted molar refractivity (Wildman–Crippen MR) is 191 cm³/mol. The van der Waals surface area contributed by atoms with Gasteiger partial charge in [-0.15, -0.1) is 0 Å². The molecule has 1 aliphatic rings. The molecule has 0 saturated heterocycles. The van der Waals surface area contributed by atoms with Gasteiger partial charge in [0.05, 0.1) is 0 Å². The van der Waals surface area contributed by atoms with Crippen LogP contribution in [0.25, 0.3) is 0 Å². The highest BCUT2D eigenvalue weighted by Crippen LogP contribution is 2.39. The molecule has 0 aromatic rings. The van der Waals surface area contributed by atoms with Crippen LogP contribution in [0.3, 0.4) is 0 Å². The molecule has 0 aromatic carbocycles. The molecule has 1 saturated carbocycles. The Bertz CT molecular complexity index is 1130. The fourth-order valence-electron chi connectivity index (χ4n) is 5.86. The summed E-state index contributed by atoms with van der Waals surface area (Å²) in [7, 11) is 0. The summed E-state index contributed by atoms with van der Waals surface area (Å²) in [6.45, 7) is 6.82. The van der Waals surface area contributed by atoms with Gasteiger partial charge in [0, 0.05) is 58.3 Å². The van der Waals surface area contributed by atoms with Crippen LogP contribution < -0.4 is 38.1 Å². The largest absolute Gasteiger partial charge is 0.369 e. The van der Waals surface area contributed by atoms with Crippen molar-refractivity contribution in [1.29, 1.82) is 0 Å². The van der Waals surface area contributed by atoms with Gasteiger partial charge in [-0.3, -0.25) is 38.4 Å². The van der Waals surface area contributed by atoms with Crippen LogP contribution in [0.4, 0.5) is 0 Å². The molecule has 8 amide bonds. The zero-order chi connectivity index (χ0) is 38.3. The molecule has 16 nitrogen and oxygen atoms in total. The molecule has 0 radical (unpaired) electrons. The van der Waals surface area contributed by atoms with Crippen LogP contribution in [0.15, 0.2) is 0 Å². The van der Waals surface area contributed by atoms with E-state index in [2.05, 4.69) is 26.6 Å². The number of rotatable bonds is 28. The molecule has 0 aliphatic heterocycles. The van der Waals surface area contributed by atoms with Gasteiger partial charge in [0.2, 0.25) is 47.3 Å². The minimum absolute atomic E-state index is 0.0850. The molecule has 1 rings (SSSR count). The van der Waals surface area contributed by atoms with E-state index in [0.29, 0.717) is 83.3 Å². The van der Waals surface area contributed by atoms with Gasteiger partial charge in [0.25, 0.3) is 0 Å². The third-order valence-electron chi connectivity index (χ3n) is 8.90. The lowest BCUT2D eigenvalue weighted by atomic mass is 9.90. The molecule has 1 aliphatic carbocycles. The third kappa shape index (κ3) is 20.9. The number of nitrogens with two attached hydrogens (primary N) is 2. The van der Waals surface area contributed by atoms with Crippen LogP contribution in [0, 0.1) is 23.7 Å². The van der Waals surface area contributed by atoms with Gasteiger partial charge in [-0.1, -0.05) is 26.7 Å². The van der Waals surface area contributed by atoms with Crippen molar-refractivity contribution in [3.05, 3.63) is 0 Å².